The van der Waals surface area contributed by atoms with Crippen molar-refractivity contribution in [3.05, 3.63) is 65.7 Å². The zero-order valence-corrected chi connectivity index (χ0v) is 12.2. The second-order valence-electron chi connectivity index (χ2n) is 4.80. The predicted octanol–water partition coefficient (Wildman–Crippen LogP) is 3.46. The van der Waals surface area contributed by atoms with E-state index in [-0.39, 0.29) is 6.10 Å². The van der Waals surface area contributed by atoms with Crippen LogP contribution in [0.1, 0.15) is 18.1 Å². The molecular weight excluding hydrogens is 286 g/mol. The van der Waals surface area contributed by atoms with Crippen molar-refractivity contribution in [2.45, 2.75) is 12.5 Å². The average molecular weight is 302 g/mol. The molecule has 0 spiro atoms. The maximum Gasteiger partial charge on any atom is 0.147 e. The second kappa shape index (κ2) is 6.16. The molecule has 0 amide bonds. The monoisotopic (exact) mass is 301 g/mol. The van der Waals surface area contributed by atoms with Crippen LogP contribution in [0.15, 0.2) is 55.1 Å². The zero-order chi connectivity index (χ0) is 14.7. The van der Waals surface area contributed by atoms with E-state index in [9.17, 15) is 0 Å². The third kappa shape index (κ3) is 3.01. The minimum absolute atomic E-state index is 0.103. The number of aromatic nitrogens is 2. The molecule has 0 bridgehead atoms. The molecule has 5 heteroatoms. The molecule has 0 aliphatic rings. The van der Waals surface area contributed by atoms with Crippen molar-refractivity contribution >= 4 is 17.1 Å². The minimum Gasteiger partial charge on any atom is -0.483 e. The largest absolute Gasteiger partial charge is 0.483 e. The molecule has 0 aliphatic carbocycles. The molecule has 108 valence electrons. The van der Waals surface area contributed by atoms with Gasteiger partial charge in [0.2, 0.25) is 0 Å². The van der Waals surface area contributed by atoms with Gasteiger partial charge >= 0.3 is 0 Å². The molecule has 1 atom stereocenters. The van der Waals surface area contributed by atoms with Crippen molar-refractivity contribution in [3.63, 3.8) is 0 Å². The Bertz CT molecular complexity index is 727. The van der Waals surface area contributed by atoms with Gasteiger partial charge in [0.1, 0.15) is 17.4 Å². The van der Waals surface area contributed by atoms with Crippen LogP contribution in [-0.2, 0) is 0 Å². The van der Waals surface area contributed by atoms with Gasteiger partial charge in [-0.3, -0.25) is 0 Å². The Morgan fingerprint density at radius 1 is 1.29 bits per heavy atom. The molecule has 0 aliphatic heterocycles. The first-order valence-electron chi connectivity index (χ1n) is 6.81. The van der Waals surface area contributed by atoms with E-state index in [4.69, 9.17) is 22.1 Å². The van der Waals surface area contributed by atoms with Gasteiger partial charge in [0.05, 0.1) is 17.5 Å². The van der Waals surface area contributed by atoms with Gasteiger partial charge in [0.15, 0.2) is 0 Å². The highest BCUT2D eigenvalue weighted by molar-refractivity contribution is 6.30. The van der Waals surface area contributed by atoms with Crippen LogP contribution in [0.4, 0.5) is 0 Å². The molecule has 1 aromatic carbocycles. The van der Waals surface area contributed by atoms with Crippen molar-refractivity contribution in [1.29, 1.82) is 0 Å². The fraction of sp³-hybridized carbons (Fsp3) is 0.188. The van der Waals surface area contributed by atoms with Gasteiger partial charge in [-0.05, 0) is 12.1 Å². The molecular formula is C16H16ClN3O. The number of nitrogens with zero attached hydrogens (tertiary/aromatic N) is 2. The minimum atomic E-state index is -0.103. The maximum absolute atomic E-state index is 6.17. The summed E-state index contributed by atoms with van der Waals surface area (Å²) in [7, 11) is 0. The normalized spacial score (nSPS) is 12.5. The molecule has 0 saturated carbocycles. The first-order chi connectivity index (χ1) is 10.3. The van der Waals surface area contributed by atoms with E-state index in [1.165, 1.54) is 0 Å². The highest BCUT2D eigenvalue weighted by Crippen LogP contribution is 2.30. The highest BCUT2D eigenvalue weighted by atomic mass is 35.5. The average Bonchev–Trinajstić information content (AvgIpc) is 2.96. The standard InChI is InChI=1S/C16H16ClN3O/c17-13-8-16(14-9-19-11-20(14)10-13)21-15(6-7-18)12-4-2-1-3-5-12/h1-5,8-11,15H,6-7,18H2/t15-/m1/s1. The van der Waals surface area contributed by atoms with Crippen LogP contribution in [0.2, 0.25) is 5.02 Å². The molecule has 21 heavy (non-hydrogen) atoms. The second-order valence-corrected chi connectivity index (χ2v) is 5.24. The Labute approximate surface area is 128 Å². The summed E-state index contributed by atoms with van der Waals surface area (Å²) in [4.78, 5) is 4.13. The van der Waals surface area contributed by atoms with Gasteiger partial charge < -0.3 is 14.9 Å². The highest BCUT2D eigenvalue weighted by Gasteiger charge is 2.15. The maximum atomic E-state index is 6.17. The smallest absolute Gasteiger partial charge is 0.147 e. The van der Waals surface area contributed by atoms with Crippen LogP contribution in [-0.4, -0.2) is 15.9 Å². The van der Waals surface area contributed by atoms with Crippen LogP contribution >= 0.6 is 11.6 Å². The SMILES string of the molecule is NCC[C@@H](Oc1cc(Cl)cn2cncc12)c1ccccc1. The van der Waals surface area contributed by atoms with Gasteiger partial charge in [-0.15, -0.1) is 0 Å². The lowest BCUT2D eigenvalue weighted by atomic mass is 10.1. The summed E-state index contributed by atoms with van der Waals surface area (Å²) in [5, 5.41) is 0.607. The Hall–Kier alpha value is -2.04. The summed E-state index contributed by atoms with van der Waals surface area (Å²) in [6.45, 7) is 0.551. The molecule has 2 N–H and O–H groups in total. The van der Waals surface area contributed by atoms with E-state index < -0.39 is 0 Å². The van der Waals surface area contributed by atoms with Crippen molar-refractivity contribution in [2.24, 2.45) is 5.73 Å². The Balaban J connectivity index is 1.96. The molecule has 0 saturated heterocycles. The van der Waals surface area contributed by atoms with Crippen LogP contribution in [0.5, 0.6) is 5.75 Å². The summed E-state index contributed by atoms with van der Waals surface area (Å²) in [5.74, 6) is 0.710. The molecule has 0 fully saturated rings. The van der Waals surface area contributed by atoms with Gasteiger partial charge in [0.25, 0.3) is 0 Å². The quantitative estimate of drug-likeness (QED) is 0.785. The Morgan fingerprint density at radius 2 is 2.10 bits per heavy atom. The van der Waals surface area contributed by atoms with E-state index in [0.717, 1.165) is 17.5 Å². The van der Waals surface area contributed by atoms with E-state index >= 15 is 0 Å². The number of pyridine rings is 1. The van der Waals surface area contributed by atoms with Gasteiger partial charge in [-0.2, -0.15) is 0 Å². The number of fused-ring (bicyclic) bond motifs is 1. The van der Waals surface area contributed by atoms with E-state index in [1.54, 1.807) is 18.7 Å². The lowest BCUT2D eigenvalue weighted by Gasteiger charge is -2.19. The molecule has 0 unspecified atom stereocenters. The molecule has 3 aromatic rings. The number of ether oxygens (including phenoxy) is 1. The first-order valence-corrected chi connectivity index (χ1v) is 7.18. The number of hydrogen-bond acceptors (Lipinski definition) is 3. The molecule has 4 nitrogen and oxygen atoms in total. The lowest BCUT2D eigenvalue weighted by Crippen LogP contribution is -2.13. The first kappa shape index (κ1) is 13.9. The Morgan fingerprint density at radius 3 is 2.86 bits per heavy atom. The number of imidazole rings is 1. The summed E-state index contributed by atoms with van der Waals surface area (Å²) in [6.07, 6.45) is 5.90. The summed E-state index contributed by atoms with van der Waals surface area (Å²) >= 11 is 6.13. The number of hydrogen-bond donors (Lipinski definition) is 1. The summed E-state index contributed by atoms with van der Waals surface area (Å²) < 4.78 is 8.02. The van der Waals surface area contributed by atoms with Crippen LogP contribution in [0.3, 0.4) is 0 Å². The number of rotatable bonds is 5. The third-order valence-electron chi connectivity index (χ3n) is 3.32. The number of benzene rings is 1. The fourth-order valence-electron chi connectivity index (χ4n) is 2.33. The summed E-state index contributed by atoms with van der Waals surface area (Å²) in [5.41, 5.74) is 7.70. The Kier molecular flexibility index (Phi) is 4.08. The zero-order valence-electron chi connectivity index (χ0n) is 11.4. The van der Waals surface area contributed by atoms with Crippen LogP contribution in [0, 0.1) is 0 Å². The number of nitrogens with two attached hydrogens (primary N) is 1. The van der Waals surface area contributed by atoms with Gasteiger partial charge in [-0.25, -0.2) is 4.98 Å². The van der Waals surface area contributed by atoms with Gasteiger partial charge in [0, 0.05) is 18.7 Å². The fourth-order valence-corrected chi connectivity index (χ4v) is 2.53. The van der Waals surface area contributed by atoms with Crippen molar-refractivity contribution < 1.29 is 4.74 Å². The van der Waals surface area contributed by atoms with E-state index in [2.05, 4.69) is 4.98 Å². The molecule has 0 radical (unpaired) electrons. The number of halogens is 1. The van der Waals surface area contributed by atoms with Crippen molar-refractivity contribution in [3.8, 4) is 5.75 Å². The third-order valence-corrected chi connectivity index (χ3v) is 3.53. The van der Waals surface area contributed by atoms with Crippen molar-refractivity contribution in [2.75, 3.05) is 6.54 Å². The van der Waals surface area contributed by atoms with Crippen LogP contribution < -0.4 is 10.5 Å². The topological polar surface area (TPSA) is 52.5 Å². The predicted molar refractivity (Wildman–Crippen MR) is 83.7 cm³/mol. The van der Waals surface area contributed by atoms with E-state index in [1.807, 2.05) is 40.8 Å². The molecule has 2 heterocycles. The lowest BCUT2D eigenvalue weighted by molar-refractivity contribution is 0.199. The molecule has 3 rings (SSSR count). The molecule has 2 aromatic heterocycles. The van der Waals surface area contributed by atoms with Gasteiger partial charge in [-0.1, -0.05) is 41.9 Å². The van der Waals surface area contributed by atoms with Crippen LogP contribution in [0.25, 0.3) is 5.52 Å². The summed E-state index contributed by atoms with van der Waals surface area (Å²) in [6, 6.07) is 11.9. The van der Waals surface area contributed by atoms with Crippen molar-refractivity contribution in [1.82, 2.24) is 9.38 Å². The van der Waals surface area contributed by atoms with E-state index in [0.29, 0.717) is 17.3 Å².